The highest BCUT2D eigenvalue weighted by Gasteiger charge is 2.31. The van der Waals surface area contributed by atoms with Crippen LogP contribution in [0.2, 0.25) is 0 Å². The summed E-state index contributed by atoms with van der Waals surface area (Å²) in [6, 6.07) is 0. The number of nitrogens with zero attached hydrogens (tertiary/aromatic N) is 5. The zero-order valence-corrected chi connectivity index (χ0v) is 12.1. The van der Waals surface area contributed by atoms with E-state index < -0.39 is 0 Å². The summed E-state index contributed by atoms with van der Waals surface area (Å²) in [6.45, 7) is 3.39. The fraction of sp³-hybridized carbons (Fsp3) is 0.643. The molecule has 112 valence electrons. The van der Waals surface area contributed by atoms with Crippen LogP contribution in [0.3, 0.4) is 0 Å². The summed E-state index contributed by atoms with van der Waals surface area (Å²) < 4.78 is 13.0. The summed E-state index contributed by atoms with van der Waals surface area (Å²) in [5, 5.41) is 5.30. The zero-order chi connectivity index (χ0) is 14.2. The Hall–Kier alpha value is -1.73. The number of aromatic nitrogens is 4. The Morgan fingerprint density at radius 3 is 2.67 bits per heavy atom. The van der Waals surface area contributed by atoms with Crippen molar-refractivity contribution in [1.82, 2.24) is 19.7 Å². The fourth-order valence-corrected chi connectivity index (χ4v) is 3.23. The van der Waals surface area contributed by atoms with E-state index in [0.29, 0.717) is 5.92 Å². The third-order valence-corrected chi connectivity index (χ3v) is 4.38. The van der Waals surface area contributed by atoms with Crippen LogP contribution in [-0.4, -0.2) is 52.3 Å². The van der Waals surface area contributed by atoms with E-state index in [4.69, 9.17) is 9.47 Å². The van der Waals surface area contributed by atoms with Gasteiger partial charge < -0.3 is 14.4 Å². The van der Waals surface area contributed by atoms with Crippen LogP contribution in [0.4, 0.5) is 5.82 Å². The number of hydrogen-bond donors (Lipinski definition) is 0. The van der Waals surface area contributed by atoms with Crippen LogP contribution >= 0.6 is 0 Å². The average molecular weight is 289 g/mol. The lowest BCUT2D eigenvalue weighted by molar-refractivity contribution is -0.0889. The molecule has 7 nitrogen and oxygen atoms in total. The van der Waals surface area contributed by atoms with Crippen molar-refractivity contribution in [3.8, 4) is 0 Å². The van der Waals surface area contributed by atoms with Crippen LogP contribution < -0.4 is 4.90 Å². The Morgan fingerprint density at radius 1 is 1.14 bits per heavy atom. The minimum atomic E-state index is -0.00374. The fourth-order valence-electron chi connectivity index (χ4n) is 3.23. The van der Waals surface area contributed by atoms with Crippen LogP contribution in [0.15, 0.2) is 12.5 Å². The largest absolute Gasteiger partial charge is 0.356 e. The Kier molecular flexibility index (Phi) is 3.23. The summed E-state index contributed by atoms with van der Waals surface area (Å²) in [5.74, 6) is 1.48. The maximum absolute atomic E-state index is 5.63. The minimum Gasteiger partial charge on any atom is -0.356 e. The van der Waals surface area contributed by atoms with Gasteiger partial charge in [0.1, 0.15) is 12.1 Å². The molecule has 0 aliphatic carbocycles. The number of ether oxygens (including phenoxy) is 2. The molecule has 0 N–H and O–H groups in total. The summed E-state index contributed by atoms with van der Waals surface area (Å²) >= 11 is 0. The van der Waals surface area contributed by atoms with Crippen molar-refractivity contribution in [2.24, 2.45) is 13.0 Å². The molecule has 4 rings (SSSR count). The van der Waals surface area contributed by atoms with Gasteiger partial charge in [0.05, 0.1) is 24.8 Å². The zero-order valence-electron chi connectivity index (χ0n) is 12.1. The number of rotatable bonds is 2. The highest BCUT2D eigenvalue weighted by atomic mass is 16.7. The van der Waals surface area contributed by atoms with Gasteiger partial charge in [-0.15, -0.1) is 0 Å². The third-order valence-electron chi connectivity index (χ3n) is 4.38. The Bertz CT molecular complexity index is 629. The second-order valence-corrected chi connectivity index (χ2v) is 5.64. The number of fused-ring (bicyclic) bond motifs is 1. The number of anilines is 1. The molecule has 0 amide bonds. The van der Waals surface area contributed by atoms with E-state index in [1.807, 2.05) is 13.2 Å². The second kappa shape index (κ2) is 5.23. The highest BCUT2D eigenvalue weighted by Crippen LogP contribution is 2.30. The van der Waals surface area contributed by atoms with Crippen molar-refractivity contribution in [3.05, 3.63) is 12.5 Å². The predicted molar refractivity (Wildman–Crippen MR) is 76.9 cm³/mol. The predicted octanol–water partition coefficient (Wildman–Crippen LogP) is 0.953. The molecule has 0 saturated carbocycles. The Morgan fingerprint density at radius 2 is 1.90 bits per heavy atom. The van der Waals surface area contributed by atoms with Gasteiger partial charge in [-0.05, 0) is 12.8 Å². The van der Waals surface area contributed by atoms with E-state index >= 15 is 0 Å². The monoisotopic (exact) mass is 289 g/mol. The molecular weight excluding hydrogens is 270 g/mol. The average Bonchev–Trinajstić information content (AvgIpc) is 3.18. The van der Waals surface area contributed by atoms with E-state index in [2.05, 4.69) is 20.0 Å². The van der Waals surface area contributed by atoms with Crippen molar-refractivity contribution in [3.63, 3.8) is 0 Å². The first-order valence-electron chi connectivity index (χ1n) is 7.44. The van der Waals surface area contributed by atoms with Gasteiger partial charge in [-0.1, -0.05) is 0 Å². The van der Waals surface area contributed by atoms with Gasteiger partial charge in [-0.25, -0.2) is 9.97 Å². The molecule has 4 heterocycles. The van der Waals surface area contributed by atoms with Crippen molar-refractivity contribution >= 4 is 16.9 Å². The molecule has 2 aromatic heterocycles. The summed E-state index contributed by atoms with van der Waals surface area (Å²) in [4.78, 5) is 11.1. The molecule has 7 heteroatoms. The van der Waals surface area contributed by atoms with E-state index in [1.165, 1.54) is 0 Å². The lowest BCUT2D eigenvalue weighted by Crippen LogP contribution is -2.38. The standard InChI is InChI=1S/C14H19N5O2/c1-18-12-11(8-17-18)13(16-9-15-12)19-4-2-10(3-5-19)14-20-6-7-21-14/h8-10,14H,2-7H2,1H3. The normalized spacial score (nSPS) is 21.5. The van der Waals surface area contributed by atoms with Gasteiger partial charge in [0.25, 0.3) is 0 Å². The second-order valence-electron chi connectivity index (χ2n) is 5.64. The maximum atomic E-state index is 5.63. The maximum Gasteiger partial charge on any atom is 0.163 e. The van der Waals surface area contributed by atoms with Gasteiger partial charge in [0, 0.05) is 26.1 Å². The number of aryl methyl sites for hydroxylation is 1. The number of piperidine rings is 1. The van der Waals surface area contributed by atoms with Crippen molar-refractivity contribution < 1.29 is 9.47 Å². The molecule has 0 atom stereocenters. The molecule has 2 aliphatic heterocycles. The highest BCUT2D eigenvalue weighted by molar-refractivity contribution is 5.86. The lowest BCUT2D eigenvalue weighted by atomic mass is 9.96. The molecule has 2 saturated heterocycles. The van der Waals surface area contributed by atoms with E-state index in [-0.39, 0.29) is 6.29 Å². The summed E-state index contributed by atoms with van der Waals surface area (Å²) in [6.07, 6.45) is 5.59. The Balaban J connectivity index is 1.52. The molecule has 2 aliphatic rings. The van der Waals surface area contributed by atoms with E-state index in [0.717, 1.165) is 56.0 Å². The van der Waals surface area contributed by atoms with Crippen molar-refractivity contribution in [2.45, 2.75) is 19.1 Å². The molecular formula is C14H19N5O2. The topological polar surface area (TPSA) is 65.3 Å². The minimum absolute atomic E-state index is 0.00374. The van der Waals surface area contributed by atoms with Gasteiger partial charge >= 0.3 is 0 Å². The first kappa shape index (κ1) is 13.0. The number of hydrogen-bond acceptors (Lipinski definition) is 6. The molecule has 2 fully saturated rings. The molecule has 0 radical (unpaired) electrons. The summed E-state index contributed by atoms with van der Waals surface area (Å²) in [5.41, 5.74) is 0.879. The summed E-state index contributed by atoms with van der Waals surface area (Å²) in [7, 11) is 1.90. The van der Waals surface area contributed by atoms with Crippen LogP contribution in [0.25, 0.3) is 11.0 Å². The van der Waals surface area contributed by atoms with Crippen LogP contribution in [-0.2, 0) is 16.5 Å². The van der Waals surface area contributed by atoms with Crippen LogP contribution in [0.1, 0.15) is 12.8 Å². The van der Waals surface area contributed by atoms with E-state index in [9.17, 15) is 0 Å². The van der Waals surface area contributed by atoms with E-state index in [1.54, 1.807) is 11.0 Å². The Labute approximate surface area is 122 Å². The lowest BCUT2D eigenvalue weighted by Gasteiger charge is -2.34. The first-order valence-corrected chi connectivity index (χ1v) is 7.44. The molecule has 0 aromatic carbocycles. The van der Waals surface area contributed by atoms with Gasteiger partial charge in [-0.2, -0.15) is 5.10 Å². The van der Waals surface area contributed by atoms with Gasteiger partial charge in [0.15, 0.2) is 11.9 Å². The van der Waals surface area contributed by atoms with Gasteiger partial charge in [-0.3, -0.25) is 4.68 Å². The van der Waals surface area contributed by atoms with Crippen LogP contribution in [0, 0.1) is 5.92 Å². The smallest absolute Gasteiger partial charge is 0.163 e. The van der Waals surface area contributed by atoms with Crippen LogP contribution in [0.5, 0.6) is 0 Å². The van der Waals surface area contributed by atoms with Crippen molar-refractivity contribution in [2.75, 3.05) is 31.2 Å². The molecule has 21 heavy (non-hydrogen) atoms. The first-order chi connectivity index (χ1) is 10.3. The molecule has 2 aromatic rings. The quantitative estimate of drug-likeness (QED) is 0.820. The van der Waals surface area contributed by atoms with Crippen molar-refractivity contribution in [1.29, 1.82) is 0 Å². The SMILES string of the molecule is Cn1ncc2c(N3CCC(C4OCCO4)CC3)ncnc21. The molecule has 0 spiro atoms. The molecule has 0 bridgehead atoms. The molecule has 0 unspecified atom stereocenters. The van der Waals surface area contributed by atoms with Gasteiger partial charge in [0.2, 0.25) is 0 Å². The third kappa shape index (κ3) is 2.26.